The van der Waals surface area contributed by atoms with Gasteiger partial charge in [-0.3, -0.25) is 4.79 Å². The normalized spacial score (nSPS) is 14.3. The molecule has 1 saturated carbocycles. The molecule has 1 fully saturated rings. The number of anilines is 1. The van der Waals surface area contributed by atoms with E-state index in [1.54, 1.807) is 18.2 Å². The van der Waals surface area contributed by atoms with Crippen LogP contribution in [0.5, 0.6) is 0 Å². The van der Waals surface area contributed by atoms with Gasteiger partial charge in [-0.05, 0) is 43.0 Å². The molecule has 1 aliphatic rings. The van der Waals surface area contributed by atoms with E-state index in [1.807, 2.05) is 0 Å². The van der Waals surface area contributed by atoms with Crippen LogP contribution >= 0.6 is 0 Å². The highest BCUT2D eigenvalue weighted by Gasteiger charge is 2.21. The van der Waals surface area contributed by atoms with Crippen molar-refractivity contribution in [3.05, 3.63) is 30.0 Å². The Bertz CT molecular complexity index is 686. The number of carboxylic acid groups (broad SMARTS) is 1. The number of nitrogens with one attached hydrogen (secondary N) is 1. The molecule has 0 unspecified atom stereocenters. The van der Waals surface area contributed by atoms with E-state index in [0.29, 0.717) is 29.2 Å². The van der Waals surface area contributed by atoms with Gasteiger partial charge in [-0.2, -0.15) is 0 Å². The first-order valence-electron chi connectivity index (χ1n) is 6.76. The number of rotatable bonds is 6. The summed E-state index contributed by atoms with van der Waals surface area (Å²) in [4.78, 5) is 22.5. The van der Waals surface area contributed by atoms with Crippen molar-refractivity contribution in [3.8, 4) is 0 Å². The number of furan rings is 1. The molecule has 21 heavy (non-hydrogen) atoms. The average molecular weight is 289 g/mol. The molecule has 2 N–H and O–H groups in total. The van der Waals surface area contributed by atoms with Crippen molar-refractivity contribution in [2.75, 3.05) is 18.5 Å². The van der Waals surface area contributed by atoms with Gasteiger partial charge >= 0.3 is 5.97 Å². The molecule has 0 radical (unpaired) electrons. The van der Waals surface area contributed by atoms with Gasteiger partial charge in [-0.15, -0.1) is 0 Å². The highest BCUT2D eigenvalue weighted by Crippen LogP contribution is 2.28. The van der Waals surface area contributed by atoms with Crippen molar-refractivity contribution >= 4 is 28.5 Å². The van der Waals surface area contributed by atoms with Crippen molar-refractivity contribution in [3.63, 3.8) is 0 Å². The Balaban J connectivity index is 1.62. The molecular weight excluding hydrogens is 274 g/mol. The smallest absolute Gasteiger partial charge is 0.371 e. The van der Waals surface area contributed by atoms with Crippen LogP contribution in [-0.4, -0.2) is 30.2 Å². The molecule has 1 amide bonds. The van der Waals surface area contributed by atoms with Gasteiger partial charge in [-0.1, -0.05) is 0 Å². The van der Waals surface area contributed by atoms with Crippen LogP contribution in [0.3, 0.4) is 0 Å². The Morgan fingerprint density at radius 1 is 1.33 bits per heavy atom. The van der Waals surface area contributed by atoms with Crippen molar-refractivity contribution < 1.29 is 23.8 Å². The molecule has 0 atom stereocenters. The van der Waals surface area contributed by atoms with E-state index >= 15 is 0 Å². The van der Waals surface area contributed by atoms with Crippen LogP contribution in [0.2, 0.25) is 0 Å². The summed E-state index contributed by atoms with van der Waals surface area (Å²) in [5.74, 6) is -0.849. The van der Waals surface area contributed by atoms with Gasteiger partial charge in [0.05, 0.1) is 6.61 Å². The fraction of sp³-hybridized carbons (Fsp3) is 0.333. The first-order chi connectivity index (χ1) is 10.1. The summed E-state index contributed by atoms with van der Waals surface area (Å²) >= 11 is 0. The number of benzene rings is 1. The zero-order chi connectivity index (χ0) is 14.8. The van der Waals surface area contributed by atoms with E-state index in [4.69, 9.17) is 14.3 Å². The first-order valence-corrected chi connectivity index (χ1v) is 6.76. The molecular formula is C15H15NO5. The van der Waals surface area contributed by atoms with Crippen LogP contribution in [0.25, 0.3) is 11.0 Å². The molecule has 110 valence electrons. The summed E-state index contributed by atoms with van der Waals surface area (Å²) in [5, 5.41) is 12.2. The van der Waals surface area contributed by atoms with Crippen LogP contribution in [0.1, 0.15) is 23.4 Å². The molecule has 0 bridgehead atoms. The van der Waals surface area contributed by atoms with Crippen molar-refractivity contribution in [1.29, 1.82) is 0 Å². The van der Waals surface area contributed by atoms with Gasteiger partial charge in [0.15, 0.2) is 0 Å². The lowest BCUT2D eigenvalue weighted by Crippen LogP contribution is -2.18. The van der Waals surface area contributed by atoms with Crippen molar-refractivity contribution in [2.24, 2.45) is 5.92 Å². The van der Waals surface area contributed by atoms with Gasteiger partial charge < -0.3 is 19.6 Å². The van der Waals surface area contributed by atoms with Gasteiger partial charge in [0.2, 0.25) is 11.7 Å². The lowest BCUT2D eigenvalue weighted by Gasteiger charge is -2.05. The zero-order valence-electron chi connectivity index (χ0n) is 11.3. The number of amides is 1. The van der Waals surface area contributed by atoms with E-state index in [1.165, 1.54) is 18.9 Å². The molecule has 6 heteroatoms. The molecule has 1 aromatic carbocycles. The summed E-state index contributed by atoms with van der Waals surface area (Å²) in [5.41, 5.74) is 1.05. The molecule has 2 aromatic rings. The number of hydrogen-bond acceptors (Lipinski definition) is 4. The number of carboxylic acids is 1. The summed E-state index contributed by atoms with van der Waals surface area (Å²) in [7, 11) is 0. The predicted octanol–water partition coefficient (Wildman–Crippen LogP) is 2.50. The summed E-state index contributed by atoms with van der Waals surface area (Å²) in [6.07, 6.45) is 2.37. The Morgan fingerprint density at radius 3 is 2.86 bits per heavy atom. The first kappa shape index (κ1) is 13.6. The molecule has 0 saturated heterocycles. The minimum Gasteiger partial charge on any atom is -0.475 e. The van der Waals surface area contributed by atoms with E-state index in [9.17, 15) is 9.59 Å². The lowest BCUT2D eigenvalue weighted by atomic mass is 10.2. The second-order valence-electron chi connectivity index (χ2n) is 5.18. The molecule has 6 nitrogen and oxygen atoms in total. The van der Waals surface area contributed by atoms with Gasteiger partial charge in [-0.25, -0.2) is 4.79 Å². The second-order valence-corrected chi connectivity index (χ2v) is 5.18. The van der Waals surface area contributed by atoms with Crippen molar-refractivity contribution in [1.82, 2.24) is 0 Å². The highest BCUT2D eigenvalue weighted by molar-refractivity contribution is 5.96. The fourth-order valence-electron chi connectivity index (χ4n) is 2.03. The number of aromatic carboxylic acids is 1. The predicted molar refractivity (Wildman–Crippen MR) is 75.3 cm³/mol. The third kappa shape index (κ3) is 3.41. The van der Waals surface area contributed by atoms with Gasteiger partial charge in [0.1, 0.15) is 12.2 Å². The standard InChI is InChI=1S/C15H15NO5/c17-14(8-20-7-9-1-2-9)16-11-3-4-12-10(5-11)6-13(21-12)15(18)19/h3-6,9H,1-2,7-8H2,(H,16,17)(H,18,19). The maximum atomic E-state index is 11.7. The third-order valence-corrected chi connectivity index (χ3v) is 3.29. The van der Waals surface area contributed by atoms with Crippen molar-refractivity contribution in [2.45, 2.75) is 12.8 Å². The van der Waals surface area contributed by atoms with Crippen LogP contribution < -0.4 is 5.32 Å². The topological polar surface area (TPSA) is 88.8 Å². The Hall–Kier alpha value is -2.34. The fourth-order valence-corrected chi connectivity index (χ4v) is 2.03. The zero-order valence-corrected chi connectivity index (χ0v) is 11.3. The largest absolute Gasteiger partial charge is 0.475 e. The Morgan fingerprint density at radius 2 is 2.14 bits per heavy atom. The van der Waals surface area contributed by atoms with Crippen LogP contribution in [0.15, 0.2) is 28.7 Å². The third-order valence-electron chi connectivity index (χ3n) is 3.29. The summed E-state index contributed by atoms with van der Waals surface area (Å²) in [6.45, 7) is 0.663. The van der Waals surface area contributed by atoms with E-state index < -0.39 is 5.97 Å². The minimum atomic E-state index is -1.12. The molecule has 1 aromatic heterocycles. The average Bonchev–Trinajstić information content (AvgIpc) is 3.15. The molecule has 1 heterocycles. The lowest BCUT2D eigenvalue weighted by molar-refractivity contribution is -0.120. The quantitative estimate of drug-likeness (QED) is 0.853. The number of hydrogen-bond donors (Lipinski definition) is 2. The number of fused-ring (bicyclic) bond motifs is 1. The van der Waals surface area contributed by atoms with Crippen LogP contribution in [-0.2, 0) is 9.53 Å². The minimum absolute atomic E-state index is 0.0281. The van der Waals surface area contributed by atoms with Crippen LogP contribution in [0.4, 0.5) is 5.69 Å². The summed E-state index contributed by atoms with van der Waals surface area (Å²) < 4.78 is 10.5. The maximum Gasteiger partial charge on any atom is 0.371 e. The Kier molecular flexibility index (Phi) is 3.62. The number of ether oxygens (including phenoxy) is 1. The molecule has 1 aliphatic carbocycles. The van der Waals surface area contributed by atoms with E-state index in [-0.39, 0.29) is 18.3 Å². The number of carbonyl (C=O) groups excluding carboxylic acids is 1. The molecule has 3 rings (SSSR count). The molecule has 0 spiro atoms. The summed E-state index contributed by atoms with van der Waals surface area (Å²) in [6, 6.07) is 6.39. The monoisotopic (exact) mass is 289 g/mol. The number of carbonyl (C=O) groups is 2. The second kappa shape index (κ2) is 5.57. The molecule has 0 aliphatic heterocycles. The van der Waals surface area contributed by atoms with Gasteiger partial charge in [0, 0.05) is 11.1 Å². The maximum absolute atomic E-state index is 11.7. The highest BCUT2D eigenvalue weighted by atomic mass is 16.5. The van der Waals surface area contributed by atoms with E-state index in [0.717, 1.165) is 0 Å². The van der Waals surface area contributed by atoms with Crippen LogP contribution in [0, 0.1) is 5.92 Å². The Labute approximate surface area is 120 Å². The SMILES string of the molecule is O=C(COCC1CC1)Nc1ccc2oc(C(=O)O)cc2c1. The van der Waals surface area contributed by atoms with Gasteiger partial charge in [0.25, 0.3) is 0 Å². The van der Waals surface area contributed by atoms with E-state index in [2.05, 4.69) is 5.32 Å².